The summed E-state index contributed by atoms with van der Waals surface area (Å²) in [6.07, 6.45) is -0.0447. The molecule has 0 bridgehead atoms. The fourth-order valence-electron chi connectivity index (χ4n) is 3.12. The first kappa shape index (κ1) is 16.2. The van der Waals surface area contributed by atoms with Crippen LogP contribution in [-0.2, 0) is 14.3 Å². The number of nitrogens with zero attached hydrogens (tertiary/aromatic N) is 1. The van der Waals surface area contributed by atoms with Crippen molar-refractivity contribution in [3.8, 4) is 0 Å². The lowest BCUT2D eigenvalue weighted by Crippen LogP contribution is -2.47. The lowest BCUT2D eigenvalue weighted by Gasteiger charge is -2.32. The predicted molar refractivity (Wildman–Crippen MR) is 80.8 cm³/mol. The normalized spacial score (nSPS) is 26.9. The van der Waals surface area contributed by atoms with Crippen LogP contribution < -0.4 is 0 Å². The van der Waals surface area contributed by atoms with Crippen molar-refractivity contribution in [1.29, 1.82) is 0 Å². The summed E-state index contributed by atoms with van der Waals surface area (Å²) in [7, 11) is 0. The van der Waals surface area contributed by atoms with Crippen molar-refractivity contribution in [2.75, 3.05) is 19.7 Å². The molecule has 1 aliphatic heterocycles. The fraction of sp³-hybridized carbons (Fsp3) is 0.500. The SMILES string of the molecule is O=C(O)C[C@@H]1CN(C(=O)[C@@H]2C[C@@H]2c2c(F)cccc2Cl)CCO1. The maximum atomic E-state index is 13.9. The number of rotatable bonds is 4. The van der Waals surface area contributed by atoms with E-state index in [2.05, 4.69) is 0 Å². The zero-order valence-corrected chi connectivity index (χ0v) is 13.1. The summed E-state index contributed by atoms with van der Waals surface area (Å²) in [5.74, 6) is -1.90. The average molecular weight is 342 g/mol. The lowest BCUT2D eigenvalue weighted by molar-refractivity contribution is -0.148. The summed E-state index contributed by atoms with van der Waals surface area (Å²) in [6, 6.07) is 4.51. The average Bonchev–Trinajstić information content (AvgIpc) is 3.26. The standard InChI is InChI=1S/C16H17ClFNO4/c17-12-2-1-3-13(18)15(12)10-7-11(10)16(22)19-4-5-23-9(8-19)6-14(20)21/h1-3,9-11H,4-8H2,(H,20,21)/t9-,10+,11-/m1/s1. The summed E-state index contributed by atoms with van der Waals surface area (Å²) in [5, 5.41) is 9.17. The molecule has 1 aromatic rings. The molecule has 1 saturated carbocycles. The molecule has 2 aliphatic rings. The van der Waals surface area contributed by atoms with E-state index in [4.69, 9.17) is 21.4 Å². The van der Waals surface area contributed by atoms with Crippen LogP contribution in [0.25, 0.3) is 0 Å². The van der Waals surface area contributed by atoms with Gasteiger partial charge in [-0.3, -0.25) is 9.59 Å². The van der Waals surface area contributed by atoms with Crippen LogP contribution in [0.1, 0.15) is 24.3 Å². The van der Waals surface area contributed by atoms with Crippen LogP contribution in [0.5, 0.6) is 0 Å². The van der Waals surface area contributed by atoms with Crippen LogP contribution in [0, 0.1) is 11.7 Å². The summed E-state index contributed by atoms with van der Waals surface area (Å²) >= 11 is 6.05. The highest BCUT2D eigenvalue weighted by Crippen LogP contribution is 2.51. The van der Waals surface area contributed by atoms with E-state index in [0.717, 1.165) is 0 Å². The highest BCUT2D eigenvalue weighted by Gasteiger charge is 2.48. The minimum atomic E-state index is -0.952. The van der Waals surface area contributed by atoms with Crippen LogP contribution in [-0.4, -0.2) is 47.7 Å². The molecule has 1 aliphatic carbocycles. The first-order valence-electron chi connectivity index (χ1n) is 7.53. The monoisotopic (exact) mass is 341 g/mol. The predicted octanol–water partition coefficient (Wildman–Crippen LogP) is 2.28. The summed E-state index contributed by atoms with van der Waals surface area (Å²) in [5.41, 5.74) is 0.405. The Kier molecular flexibility index (Phi) is 4.55. The second kappa shape index (κ2) is 6.45. The van der Waals surface area contributed by atoms with E-state index in [1.807, 2.05) is 0 Å². The van der Waals surface area contributed by atoms with Gasteiger partial charge in [0.2, 0.25) is 5.91 Å². The number of hydrogen-bond acceptors (Lipinski definition) is 3. The molecule has 1 N–H and O–H groups in total. The second-order valence-electron chi connectivity index (χ2n) is 5.96. The van der Waals surface area contributed by atoms with Crippen molar-refractivity contribution in [2.24, 2.45) is 5.92 Å². The number of amides is 1. The molecule has 0 radical (unpaired) electrons. The van der Waals surface area contributed by atoms with Gasteiger partial charge in [0.15, 0.2) is 0 Å². The number of carboxylic acid groups (broad SMARTS) is 1. The number of morpholine rings is 1. The van der Waals surface area contributed by atoms with Crippen molar-refractivity contribution in [2.45, 2.75) is 24.9 Å². The number of hydrogen-bond donors (Lipinski definition) is 1. The molecule has 23 heavy (non-hydrogen) atoms. The Morgan fingerprint density at radius 3 is 2.91 bits per heavy atom. The van der Waals surface area contributed by atoms with Gasteiger partial charge in [-0.25, -0.2) is 4.39 Å². The van der Waals surface area contributed by atoms with Crippen LogP contribution in [0.2, 0.25) is 5.02 Å². The van der Waals surface area contributed by atoms with Crippen molar-refractivity contribution in [3.05, 3.63) is 34.6 Å². The molecule has 1 heterocycles. The lowest BCUT2D eigenvalue weighted by atomic mass is 10.1. The van der Waals surface area contributed by atoms with Gasteiger partial charge in [0, 0.05) is 35.5 Å². The molecular weight excluding hydrogens is 325 g/mol. The molecule has 1 aromatic carbocycles. The van der Waals surface area contributed by atoms with Crippen LogP contribution in [0.3, 0.4) is 0 Å². The highest BCUT2D eigenvalue weighted by molar-refractivity contribution is 6.31. The molecule has 2 fully saturated rings. The Morgan fingerprint density at radius 1 is 1.43 bits per heavy atom. The summed E-state index contributed by atoms with van der Waals surface area (Å²) in [6.45, 7) is 1.02. The van der Waals surface area contributed by atoms with Gasteiger partial charge in [0.25, 0.3) is 0 Å². The zero-order chi connectivity index (χ0) is 16.6. The number of benzene rings is 1. The Hall–Kier alpha value is -1.66. The third kappa shape index (κ3) is 3.48. The van der Waals surface area contributed by atoms with E-state index < -0.39 is 12.1 Å². The molecule has 0 unspecified atom stereocenters. The minimum Gasteiger partial charge on any atom is -0.481 e. The number of carbonyl (C=O) groups excluding carboxylic acids is 1. The van der Waals surface area contributed by atoms with Crippen molar-refractivity contribution < 1.29 is 23.8 Å². The number of ether oxygens (including phenoxy) is 1. The largest absolute Gasteiger partial charge is 0.481 e. The van der Waals surface area contributed by atoms with Gasteiger partial charge >= 0.3 is 5.97 Å². The van der Waals surface area contributed by atoms with Crippen LogP contribution in [0.4, 0.5) is 4.39 Å². The van der Waals surface area contributed by atoms with Gasteiger partial charge in [-0.05, 0) is 18.6 Å². The smallest absolute Gasteiger partial charge is 0.306 e. The van der Waals surface area contributed by atoms with Gasteiger partial charge in [-0.1, -0.05) is 17.7 Å². The second-order valence-corrected chi connectivity index (χ2v) is 6.37. The van der Waals surface area contributed by atoms with E-state index in [1.54, 1.807) is 17.0 Å². The fourth-order valence-corrected chi connectivity index (χ4v) is 3.43. The van der Waals surface area contributed by atoms with E-state index in [9.17, 15) is 14.0 Å². The van der Waals surface area contributed by atoms with Gasteiger partial charge in [-0.15, -0.1) is 0 Å². The molecule has 124 valence electrons. The number of halogens is 2. The maximum Gasteiger partial charge on any atom is 0.306 e. The topological polar surface area (TPSA) is 66.8 Å². The number of aliphatic carboxylic acids is 1. The quantitative estimate of drug-likeness (QED) is 0.912. The van der Waals surface area contributed by atoms with Crippen molar-refractivity contribution in [1.82, 2.24) is 4.90 Å². The Balaban J connectivity index is 1.65. The van der Waals surface area contributed by atoms with Crippen molar-refractivity contribution >= 4 is 23.5 Å². The molecule has 0 spiro atoms. The molecule has 3 atom stereocenters. The van der Waals surface area contributed by atoms with Gasteiger partial charge < -0.3 is 14.7 Å². The van der Waals surface area contributed by atoms with Gasteiger partial charge in [0.1, 0.15) is 5.82 Å². The number of carboxylic acids is 1. The molecule has 1 amide bonds. The van der Waals surface area contributed by atoms with E-state index >= 15 is 0 Å². The minimum absolute atomic E-state index is 0.0759. The van der Waals surface area contributed by atoms with E-state index in [-0.39, 0.29) is 36.5 Å². The molecule has 1 saturated heterocycles. The van der Waals surface area contributed by atoms with Crippen molar-refractivity contribution in [3.63, 3.8) is 0 Å². The molecule has 5 nitrogen and oxygen atoms in total. The van der Waals surface area contributed by atoms with Gasteiger partial charge in [-0.2, -0.15) is 0 Å². The van der Waals surface area contributed by atoms with E-state index in [1.165, 1.54) is 6.07 Å². The first-order chi connectivity index (χ1) is 11.0. The first-order valence-corrected chi connectivity index (χ1v) is 7.91. The summed E-state index contributed by atoms with van der Waals surface area (Å²) < 4.78 is 19.3. The maximum absolute atomic E-state index is 13.9. The Bertz CT molecular complexity index is 618. The third-order valence-electron chi connectivity index (χ3n) is 4.33. The molecule has 3 rings (SSSR count). The Labute approximate surface area is 138 Å². The summed E-state index contributed by atoms with van der Waals surface area (Å²) in [4.78, 5) is 24.9. The van der Waals surface area contributed by atoms with Crippen LogP contribution >= 0.6 is 11.6 Å². The van der Waals surface area contributed by atoms with E-state index in [0.29, 0.717) is 30.2 Å². The highest BCUT2D eigenvalue weighted by atomic mass is 35.5. The zero-order valence-electron chi connectivity index (χ0n) is 12.4. The van der Waals surface area contributed by atoms with Crippen LogP contribution in [0.15, 0.2) is 18.2 Å². The third-order valence-corrected chi connectivity index (χ3v) is 4.66. The Morgan fingerprint density at radius 2 is 2.22 bits per heavy atom. The van der Waals surface area contributed by atoms with Gasteiger partial charge in [0.05, 0.1) is 19.1 Å². The molecular formula is C16H17ClFNO4. The molecule has 0 aromatic heterocycles. The molecule has 7 heteroatoms. The number of carbonyl (C=O) groups is 2.